The minimum Gasteiger partial charge on any atom is -0.489 e. The second-order valence-corrected chi connectivity index (χ2v) is 9.82. The van der Waals surface area contributed by atoms with Crippen LogP contribution in [0.2, 0.25) is 0 Å². The van der Waals surface area contributed by atoms with Crippen molar-refractivity contribution in [1.82, 2.24) is 14.6 Å². The Kier molecular flexibility index (Phi) is 7.73. The Morgan fingerprint density at radius 3 is 2.81 bits per heavy atom. The van der Waals surface area contributed by atoms with Gasteiger partial charge in [-0.25, -0.2) is 9.45 Å². The zero-order chi connectivity index (χ0) is 25.8. The van der Waals surface area contributed by atoms with Crippen LogP contribution < -0.4 is 4.74 Å². The Hall–Kier alpha value is -3.41. The summed E-state index contributed by atoms with van der Waals surface area (Å²) in [5, 5.41) is 1.47. The zero-order valence-electron chi connectivity index (χ0n) is 21.1. The first kappa shape index (κ1) is 25.2. The SMILES string of the molecule is C#Cc1cc(F)cc(C2CCON2C(=O)C2CCC(Cn3ccc4ncc(OCCOC)cc43)CC2)c1. The van der Waals surface area contributed by atoms with Crippen molar-refractivity contribution in [3.8, 4) is 18.1 Å². The van der Waals surface area contributed by atoms with E-state index >= 15 is 0 Å². The van der Waals surface area contributed by atoms with Crippen molar-refractivity contribution in [3.05, 3.63) is 59.7 Å². The van der Waals surface area contributed by atoms with E-state index in [9.17, 15) is 9.18 Å². The number of fused-ring (bicyclic) bond motifs is 1. The third-order valence-corrected chi connectivity index (χ3v) is 7.39. The van der Waals surface area contributed by atoms with Crippen LogP contribution in [0.25, 0.3) is 11.0 Å². The van der Waals surface area contributed by atoms with Gasteiger partial charge in [0.15, 0.2) is 0 Å². The number of ether oxygens (including phenoxy) is 2. The van der Waals surface area contributed by atoms with Crippen molar-refractivity contribution < 1.29 is 23.5 Å². The van der Waals surface area contributed by atoms with Crippen molar-refractivity contribution in [2.75, 3.05) is 26.9 Å². The number of benzene rings is 1. The van der Waals surface area contributed by atoms with Crippen LogP contribution in [-0.2, 0) is 20.9 Å². The van der Waals surface area contributed by atoms with Crippen LogP contribution in [0.15, 0.2) is 42.7 Å². The lowest BCUT2D eigenvalue weighted by Crippen LogP contribution is -2.37. The summed E-state index contributed by atoms with van der Waals surface area (Å²) < 4.78 is 27.1. The molecule has 0 spiro atoms. The van der Waals surface area contributed by atoms with Crippen LogP contribution in [0.3, 0.4) is 0 Å². The number of terminal acetylenes is 1. The number of amides is 1. The molecule has 0 bridgehead atoms. The van der Waals surface area contributed by atoms with E-state index in [0.29, 0.717) is 43.3 Å². The molecular formula is C29H32FN3O4. The average Bonchev–Trinajstić information content (AvgIpc) is 3.56. The largest absolute Gasteiger partial charge is 0.489 e. The quantitative estimate of drug-likeness (QED) is 0.322. The number of methoxy groups -OCH3 is 1. The first-order valence-corrected chi connectivity index (χ1v) is 12.9. The molecular weight excluding hydrogens is 473 g/mol. The third-order valence-electron chi connectivity index (χ3n) is 7.39. The maximum Gasteiger partial charge on any atom is 0.249 e. The molecule has 2 fully saturated rings. The van der Waals surface area contributed by atoms with E-state index in [4.69, 9.17) is 20.7 Å². The maximum atomic E-state index is 14.1. The maximum absolute atomic E-state index is 14.1. The normalized spacial score (nSPS) is 21.8. The highest BCUT2D eigenvalue weighted by Gasteiger charge is 2.37. The molecule has 37 heavy (non-hydrogen) atoms. The molecule has 3 heterocycles. The molecule has 1 atom stereocenters. The van der Waals surface area contributed by atoms with Crippen molar-refractivity contribution >= 4 is 16.9 Å². The van der Waals surface area contributed by atoms with Gasteiger partial charge in [-0.2, -0.15) is 0 Å². The summed E-state index contributed by atoms with van der Waals surface area (Å²) in [7, 11) is 1.65. The topological polar surface area (TPSA) is 65.8 Å². The smallest absolute Gasteiger partial charge is 0.249 e. The number of hydrogen-bond acceptors (Lipinski definition) is 5. The van der Waals surface area contributed by atoms with Crippen LogP contribution in [0.4, 0.5) is 4.39 Å². The van der Waals surface area contributed by atoms with E-state index in [1.807, 2.05) is 12.1 Å². The molecule has 7 nitrogen and oxygen atoms in total. The highest BCUT2D eigenvalue weighted by molar-refractivity contribution is 5.79. The van der Waals surface area contributed by atoms with Gasteiger partial charge >= 0.3 is 0 Å². The van der Waals surface area contributed by atoms with Gasteiger partial charge in [-0.15, -0.1) is 6.42 Å². The summed E-state index contributed by atoms with van der Waals surface area (Å²) in [5.41, 5.74) is 3.13. The highest BCUT2D eigenvalue weighted by Crippen LogP contribution is 2.37. The minimum absolute atomic E-state index is 0.0130. The molecule has 1 aromatic carbocycles. The summed E-state index contributed by atoms with van der Waals surface area (Å²) in [6, 6.07) is 8.27. The first-order valence-electron chi connectivity index (χ1n) is 12.9. The third kappa shape index (κ3) is 5.63. The van der Waals surface area contributed by atoms with Crippen LogP contribution in [-0.4, -0.2) is 47.5 Å². The molecule has 1 aliphatic heterocycles. The fraction of sp³-hybridized carbons (Fsp3) is 0.448. The van der Waals surface area contributed by atoms with Gasteiger partial charge in [-0.05, 0) is 61.4 Å². The van der Waals surface area contributed by atoms with E-state index in [1.165, 1.54) is 17.2 Å². The van der Waals surface area contributed by atoms with Gasteiger partial charge in [0.2, 0.25) is 5.91 Å². The minimum atomic E-state index is -0.397. The number of hydroxylamine groups is 2. The molecule has 1 saturated heterocycles. The molecule has 1 saturated carbocycles. The van der Waals surface area contributed by atoms with E-state index < -0.39 is 5.82 Å². The Morgan fingerprint density at radius 2 is 2.03 bits per heavy atom. The van der Waals surface area contributed by atoms with Crippen molar-refractivity contribution in [2.45, 2.75) is 44.7 Å². The van der Waals surface area contributed by atoms with Crippen LogP contribution in [0.1, 0.15) is 49.3 Å². The van der Waals surface area contributed by atoms with Crippen molar-refractivity contribution in [2.24, 2.45) is 11.8 Å². The van der Waals surface area contributed by atoms with Crippen LogP contribution >= 0.6 is 0 Å². The Balaban J connectivity index is 1.20. The van der Waals surface area contributed by atoms with E-state index in [2.05, 4.69) is 21.7 Å². The number of hydrogen-bond donors (Lipinski definition) is 0. The first-order chi connectivity index (χ1) is 18.1. The summed E-state index contributed by atoms with van der Waals surface area (Å²) in [5.74, 6) is 3.17. The Morgan fingerprint density at radius 1 is 1.19 bits per heavy atom. The van der Waals surface area contributed by atoms with Crippen molar-refractivity contribution in [1.29, 1.82) is 0 Å². The van der Waals surface area contributed by atoms with Crippen LogP contribution in [0, 0.1) is 30.0 Å². The number of nitrogens with zero attached hydrogens (tertiary/aromatic N) is 3. The highest BCUT2D eigenvalue weighted by atomic mass is 19.1. The number of pyridine rings is 1. The van der Waals surface area contributed by atoms with Gasteiger partial charge in [0, 0.05) is 43.8 Å². The zero-order valence-corrected chi connectivity index (χ0v) is 21.1. The fourth-order valence-electron chi connectivity index (χ4n) is 5.45. The lowest BCUT2D eigenvalue weighted by atomic mass is 9.81. The molecule has 1 unspecified atom stereocenters. The molecule has 1 amide bonds. The lowest BCUT2D eigenvalue weighted by molar-refractivity contribution is -0.183. The number of halogens is 1. The van der Waals surface area contributed by atoms with E-state index in [0.717, 1.165) is 49.0 Å². The number of rotatable bonds is 8. The fourth-order valence-corrected chi connectivity index (χ4v) is 5.45. The summed E-state index contributed by atoms with van der Waals surface area (Å²) in [4.78, 5) is 23.6. The second-order valence-electron chi connectivity index (χ2n) is 9.82. The van der Waals surface area contributed by atoms with Gasteiger partial charge < -0.3 is 14.0 Å². The van der Waals surface area contributed by atoms with Gasteiger partial charge in [0.05, 0.1) is 36.5 Å². The van der Waals surface area contributed by atoms with E-state index in [-0.39, 0.29) is 17.9 Å². The van der Waals surface area contributed by atoms with E-state index in [1.54, 1.807) is 19.4 Å². The number of carbonyl (C=O) groups excluding carboxylic acids is 1. The number of carbonyl (C=O) groups is 1. The van der Waals surface area contributed by atoms with Crippen molar-refractivity contribution in [3.63, 3.8) is 0 Å². The standard InChI is InChI=1S/C29H32FN3O4/c1-3-20-14-23(16-24(30)15-20)27-9-11-37-33(27)29(34)22-6-4-21(5-7-22)19-32-10-8-26-28(32)17-25(18-31-26)36-13-12-35-2/h1,8,10,14-18,21-22,27H,4-7,9,11-13,19H2,2H3. The van der Waals surface area contributed by atoms with Gasteiger partial charge in [0.25, 0.3) is 0 Å². The van der Waals surface area contributed by atoms with Crippen LogP contribution in [0.5, 0.6) is 5.75 Å². The molecule has 3 aromatic rings. The molecule has 0 radical (unpaired) electrons. The molecule has 2 aromatic heterocycles. The second kappa shape index (κ2) is 11.3. The van der Waals surface area contributed by atoms with Gasteiger partial charge in [-0.3, -0.25) is 14.6 Å². The summed E-state index contributed by atoms with van der Waals surface area (Å²) in [6.45, 7) is 2.31. The molecule has 0 N–H and O–H groups in total. The molecule has 194 valence electrons. The molecule has 5 rings (SSSR count). The van der Waals surface area contributed by atoms with Gasteiger partial charge in [-0.1, -0.05) is 5.92 Å². The molecule has 8 heteroatoms. The average molecular weight is 506 g/mol. The molecule has 1 aliphatic carbocycles. The Labute approximate surface area is 216 Å². The molecule has 2 aliphatic rings. The predicted molar refractivity (Wildman–Crippen MR) is 137 cm³/mol. The summed E-state index contributed by atoms with van der Waals surface area (Å²) >= 11 is 0. The number of aromatic nitrogens is 2. The Bertz CT molecular complexity index is 1290. The van der Waals surface area contributed by atoms with Gasteiger partial charge in [0.1, 0.15) is 18.2 Å². The predicted octanol–water partition coefficient (Wildman–Crippen LogP) is 4.89. The lowest BCUT2D eigenvalue weighted by Gasteiger charge is -2.32. The monoisotopic (exact) mass is 505 g/mol. The summed E-state index contributed by atoms with van der Waals surface area (Å²) in [6.07, 6.45) is 13.4.